The van der Waals surface area contributed by atoms with Gasteiger partial charge in [0, 0.05) is 18.0 Å². The Morgan fingerprint density at radius 2 is 1.52 bits per heavy atom. The molecule has 0 saturated heterocycles. The standard InChI is InChI=1S/C26H35Cl2N/c1-20(2)29(18-16-21-7-4-3-5-8-21)17-6-9-22-10-12-23(13-11-22)24-14-15-25(27)26(28)19-24/h3-5,7-8,10-13,20,24-26H,6,9,14-19H2,1-2H3. The fourth-order valence-electron chi connectivity index (χ4n) is 4.37. The first-order valence-corrected chi connectivity index (χ1v) is 12.0. The molecule has 1 aliphatic carbocycles. The predicted molar refractivity (Wildman–Crippen MR) is 127 cm³/mol. The molecule has 0 heterocycles. The molecule has 3 heteroatoms. The topological polar surface area (TPSA) is 3.24 Å². The molecule has 1 aliphatic rings. The minimum absolute atomic E-state index is 0.105. The molecule has 0 amide bonds. The van der Waals surface area contributed by atoms with Gasteiger partial charge in [-0.1, -0.05) is 54.6 Å². The molecule has 2 aromatic rings. The minimum atomic E-state index is 0.105. The molecule has 0 N–H and O–H groups in total. The van der Waals surface area contributed by atoms with Crippen LogP contribution in [0.4, 0.5) is 0 Å². The summed E-state index contributed by atoms with van der Waals surface area (Å²) in [5, 5.41) is 0.242. The number of halogens is 2. The normalized spacial score (nSPS) is 22.3. The summed E-state index contributed by atoms with van der Waals surface area (Å²) >= 11 is 12.7. The Morgan fingerprint density at radius 3 is 2.17 bits per heavy atom. The summed E-state index contributed by atoms with van der Waals surface area (Å²) < 4.78 is 0. The van der Waals surface area contributed by atoms with Crippen LogP contribution in [0.3, 0.4) is 0 Å². The first kappa shape index (κ1) is 22.7. The van der Waals surface area contributed by atoms with Crippen molar-refractivity contribution in [1.82, 2.24) is 4.90 Å². The predicted octanol–water partition coefficient (Wildman–Crippen LogP) is 7.05. The quantitative estimate of drug-likeness (QED) is 0.384. The van der Waals surface area contributed by atoms with E-state index < -0.39 is 0 Å². The highest BCUT2D eigenvalue weighted by Gasteiger charge is 2.28. The van der Waals surface area contributed by atoms with Gasteiger partial charge in [0.15, 0.2) is 0 Å². The average molecular weight is 432 g/mol. The van der Waals surface area contributed by atoms with Gasteiger partial charge < -0.3 is 4.90 Å². The SMILES string of the molecule is CC(C)N(CCCc1ccc(C2CCC(Cl)C(Cl)C2)cc1)CCc1ccccc1. The van der Waals surface area contributed by atoms with Crippen molar-refractivity contribution < 1.29 is 0 Å². The molecule has 158 valence electrons. The summed E-state index contributed by atoms with van der Waals surface area (Å²) in [5.41, 5.74) is 4.29. The molecule has 1 saturated carbocycles. The number of hydrogen-bond donors (Lipinski definition) is 0. The maximum atomic E-state index is 6.39. The number of hydrogen-bond acceptors (Lipinski definition) is 1. The third kappa shape index (κ3) is 7.02. The van der Waals surface area contributed by atoms with Gasteiger partial charge in [0.2, 0.25) is 0 Å². The summed E-state index contributed by atoms with van der Waals surface area (Å²) in [4.78, 5) is 2.60. The number of rotatable bonds is 9. The lowest BCUT2D eigenvalue weighted by molar-refractivity contribution is 0.222. The lowest BCUT2D eigenvalue weighted by atomic mass is 9.83. The van der Waals surface area contributed by atoms with E-state index in [1.54, 1.807) is 0 Å². The van der Waals surface area contributed by atoms with Gasteiger partial charge in [0.05, 0.1) is 5.38 Å². The van der Waals surface area contributed by atoms with Crippen molar-refractivity contribution in [2.24, 2.45) is 0 Å². The van der Waals surface area contributed by atoms with Gasteiger partial charge in [0.25, 0.3) is 0 Å². The van der Waals surface area contributed by atoms with Gasteiger partial charge in [-0.05, 0) is 81.5 Å². The Hall–Kier alpha value is -1.02. The maximum Gasteiger partial charge on any atom is 0.0505 e. The van der Waals surface area contributed by atoms with E-state index in [1.807, 2.05) is 0 Å². The zero-order chi connectivity index (χ0) is 20.6. The summed E-state index contributed by atoms with van der Waals surface area (Å²) in [6.07, 6.45) is 6.64. The van der Waals surface area contributed by atoms with Crippen molar-refractivity contribution in [2.45, 2.75) is 75.1 Å². The fourth-order valence-corrected chi connectivity index (χ4v) is 4.94. The van der Waals surface area contributed by atoms with Crippen LogP contribution < -0.4 is 0 Å². The lowest BCUT2D eigenvalue weighted by Gasteiger charge is -2.29. The summed E-state index contributed by atoms with van der Waals surface area (Å²) in [5.74, 6) is 0.566. The highest BCUT2D eigenvalue weighted by Crippen LogP contribution is 2.37. The van der Waals surface area contributed by atoms with Crippen molar-refractivity contribution in [3.05, 3.63) is 71.3 Å². The third-order valence-corrected chi connectivity index (χ3v) is 7.45. The van der Waals surface area contributed by atoms with Crippen LogP contribution in [-0.4, -0.2) is 34.8 Å². The van der Waals surface area contributed by atoms with E-state index in [0.29, 0.717) is 12.0 Å². The van der Waals surface area contributed by atoms with Crippen LogP contribution in [0, 0.1) is 0 Å². The van der Waals surface area contributed by atoms with E-state index in [-0.39, 0.29) is 10.8 Å². The molecule has 0 aromatic heterocycles. The molecule has 3 atom stereocenters. The highest BCUT2D eigenvalue weighted by atomic mass is 35.5. The second-order valence-corrected chi connectivity index (χ2v) is 9.87. The van der Waals surface area contributed by atoms with E-state index in [1.165, 1.54) is 23.1 Å². The van der Waals surface area contributed by atoms with Crippen molar-refractivity contribution in [3.63, 3.8) is 0 Å². The van der Waals surface area contributed by atoms with Gasteiger partial charge in [0.1, 0.15) is 0 Å². The number of benzene rings is 2. The Kier molecular flexibility index (Phi) is 8.90. The van der Waals surface area contributed by atoms with Crippen molar-refractivity contribution in [2.75, 3.05) is 13.1 Å². The summed E-state index contributed by atoms with van der Waals surface area (Å²) in [6.45, 7) is 6.89. The van der Waals surface area contributed by atoms with Crippen LogP contribution in [-0.2, 0) is 12.8 Å². The molecule has 2 aromatic carbocycles. The van der Waals surface area contributed by atoms with Gasteiger partial charge in [-0.2, -0.15) is 0 Å². The van der Waals surface area contributed by atoms with Gasteiger partial charge in [-0.3, -0.25) is 0 Å². The third-order valence-electron chi connectivity index (χ3n) is 6.32. The zero-order valence-corrected chi connectivity index (χ0v) is 19.4. The number of nitrogens with zero attached hydrogens (tertiary/aromatic N) is 1. The van der Waals surface area contributed by atoms with Crippen molar-refractivity contribution in [3.8, 4) is 0 Å². The largest absolute Gasteiger partial charge is 0.301 e. The van der Waals surface area contributed by atoms with Crippen molar-refractivity contribution >= 4 is 23.2 Å². The van der Waals surface area contributed by atoms with E-state index >= 15 is 0 Å². The molecule has 0 radical (unpaired) electrons. The number of alkyl halides is 2. The molecule has 29 heavy (non-hydrogen) atoms. The number of aryl methyl sites for hydroxylation is 1. The smallest absolute Gasteiger partial charge is 0.0505 e. The average Bonchev–Trinajstić information content (AvgIpc) is 2.73. The van der Waals surface area contributed by atoms with Crippen LogP contribution in [0.5, 0.6) is 0 Å². The summed E-state index contributed by atoms with van der Waals surface area (Å²) in [7, 11) is 0. The Bertz CT molecular complexity index is 713. The highest BCUT2D eigenvalue weighted by molar-refractivity contribution is 6.30. The lowest BCUT2D eigenvalue weighted by Crippen LogP contribution is -2.34. The van der Waals surface area contributed by atoms with Crippen LogP contribution in [0.2, 0.25) is 0 Å². The maximum absolute atomic E-state index is 6.39. The monoisotopic (exact) mass is 431 g/mol. The molecule has 3 unspecified atom stereocenters. The molecule has 1 nitrogen and oxygen atoms in total. The van der Waals surface area contributed by atoms with Crippen LogP contribution in [0.1, 0.15) is 62.1 Å². The zero-order valence-electron chi connectivity index (χ0n) is 17.9. The molecule has 0 aliphatic heterocycles. The van der Waals surface area contributed by atoms with Crippen LogP contribution in [0.25, 0.3) is 0 Å². The first-order chi connectivity index (χ1) is 14.0. The minimum Gasteiger partial charge on any atom is -0.301 e. The molecule has 0 bridgehead atoms. The van der Waals surface area contributed by atoms with E-state index in [9.17, 15) is 0 Å². The molecule has 3 rings (SSSR count). The molecular weight excluding hydrogens is 397 g/mol. The van der Waals surface area contributed by atoms with Crippen molar-refractivity contribution in [1.29, 1.82) is 0 Å². The Labute approximate surface area is 187 Å². The van der Waals surface area contributed by atoms with Crippen LogP contribution in [0.15, 0.2) is 54.6 Å². The van der Waals surface area contributed by atoms with Gasteiger partial charge >= 0.3 is 0 Å². The Balaban J connectivity index is 1.45. The second kappa shape index (κ2) is 11.4. The molecule has 1 fully saturated rings. The van der Waals surface area contributed by atoms with Gasteiger partial charge in [-0.25, -0.2) is 0 Å². The second-order valence-electron chi connectivity index (χ2n) is 8.75. The van der Waals surface area contributed by atoms with Gasteiger partial charge in [-0.15, -0.1) is 23.2 Å². The summed E-state index contributed by atoms with van der Waals surface area (Å²) in [6, 6.07) is 20.7. The van der Waals surface area contributed by atoms with Crippen LogP contribution >= 0.6 is 23.2 Å². The van der Waals surface area contributed by atoms with E-state index in [2.05, 4.69) is 73.3 Å². The molecular formula is C26H35Cl2N. The van der Waals surface area contributed by atoms with E-state index in [0.717, 1.165) is 45.2 Å². The Morgan fingerprint density at radius 1 is 0.828 bits per heavy atom. The van der Waals surface area contributed by atoms with E-state index in [4.69, 9.17) is 23.2 Å². The first-order valence-electron chi connectivity index (χ1n) is 11.2. The fraction of sp³-hybridized carbons (Fsp3) is 0.538. The molecule has 0 spiro atoms.